The van der Waals surface area contributed by atoms with Gasteiger partial charge >= 0.3 is 0 Å². The summed E-state index contributed by atoms with van der Waals surface area (Å²) in [6, 6.07) is 0.291. The van der Waals surface area contributed by atoms with Gasteiger partial charge in [-0.1, -0.05) is 20.8 Å². The zero-order valence-electron chi connectivity index (χ0n) is 14.2. The second kappa shape index (κ2) is 9.08. The van der Waals surface area contributed by atoms with Gasteiger partial charge in [0, 0.05) is 25.7 Å². The van der Waals surface area contributed by atoms with Crippen molar-refractivity contribution < 1.29 is 13.5 Å². The molecule has 2 heterocycles. The summed E-state index contributed by atoms with van der Waals surface area (Å²) >= 11 is 0. The molecule has 0 aromatic heterocycles. The number of amidine groups is 1. The van der Waals surface area contributed by atoms with E-state index in [0.717, 1.165) is 19.4 Å². The van der Waals surface area contributed by atoms with E-state index in [1.54, 1.807) is 7.05 Å². The van der Waals surface area contributed by atoms with Crippen molar-refractivity contribution in [2.75, 3.05) is 26.7 Å². The molecule has 2 atom stereocenters. The molecule has 0 spiro atoms. The van der Waals surface area contributed by atoms with E-state index in [4.69, 9.17) is 4.74 Å². The molecular formula is C16H29F2N3O. The number of halogens is 2. The molecule has 0 aromatic rings. The summed E-state index contributed by atoms with van der Waals surface area (Å²) in [5, 5.41) is 2.82. The van der Waals surface area contributed by atoms with E-state index in [2.05, 4.69) is 15.2 Å². The number of hydrogen-bond acceptors (Lipinski definition) is 3. The third kappa shape index (κ3) is 4.41. The van der Waals surface area contributed by atoms with Gasteiger partial charge in [-0.25, -0.2) is 13.8 Å². The molecule has 2 aliphatic rings. The molecule has 0 saturated carbocycles. The van der Waals surface area contributed by atoms with Crippen molar-refractivity contribution in [1.82, 2.24) is 10.2 Å². The lowest BCUT2D eigenvalue weighted by atomic mass is 9.95. The largest absolute Gasteiger partial charge is 0.463 e. The molecule has 22 heavy (non-hydrogen) atoms. The Kier molecular flexibility index (Phi) is 7.79. The Morgan fingerprint density at radius 3 is 2.82 bits per heavy atom. The monoisotopic (exact) mass is 317 g/mol. The molecule has 2 aliphatic heterocycles. The first-order chi connectivity index (χ1) is 10.6. The lowest BCUT2D eigenvalue weighted by molar-refractivity contribution is 0.104. The number of allylic oxidation sites excluding steroid dienone is 1. The molecule has 0 amide bonds. The first-order valence-electron chi connectivity index (χ1n) is 8.18. The quantitative estimate of drug-likeness (QED) is 0.638. The normalized spacial score (nSPS) is 28.9. The van der Waals surface area contributed by atoms with Crippen LogP contribution in [-0.4, -0.2) is 49.4 Å². The summed E-state index contributed by atoms with van der Waals surface area (Å²) in [7, 11) is 1.59. The summed E-state index contributed by atoms with van der Waals surface area (Å²) in [6.07, 6.45) is 2.82. The van der Waals surface area contributed by atoms with Crippen LogP contribution in [0.4, 0.5) is 8.78 Å². The Morgan fingerprint density at radius 2 is 2.23 bits per heavy atom. The average molecular weight is 317 g/mol. The topological polar surface area (TPSA) is 36.9 Å². The van der Waals surface area contributed by atoms with Crippen LogP contribution in [0.5, 0.6) is 0 Å². The lowest BCUT2D eigenvalue weighted by Crippen LogP contribution is -2.44. The van der Waals surface area contributed by atoms with Crippen LogP contribution < -0.4 is 5.32 Å². The van der Waals surface area contributed by atoms with E-state index in [1.807, 2.05) is 20.8 Å². The lowest BCUT2D eigenvalue weighted by Gasteiger charge is -2.31. The van der Waals surface area contributed by atoms with E-state index in [1.165, 1.54) is 0 Å². The van der Waals surface area contributed by atoms with E-state index < -0.39 is 6.17 Å². The number of fused-ring (bicyclic) bond motifs is 1. The Labute approximate surface area is 132 Å². The van der Waals surface area contributed by atoms with Crippen LogP contribution in [-0.2, 0) is 4.74 Å². The van der Waals surface area contributed by atoms with Gasteiger partial charge in [-0.2, -0.15) is 0 Å². The van der Waals surface area contributed by atoms with Crippen LogP contribution in [0.15, 0.2) is 17.0 Å². The number of aliphatic imine (C=N–C) groups is 1. The maximum Gasteiger partial charge on any atom is 0.288 e. The van der Waals surface area contributed by atoms with Crippen molar-refractivity contribution in [3.8, 4) is 0 Å². The fourth-order valence-corrected chi connectivity index (χ4v) is 3.14. The highest BCUT2D eigenvalue weighted by atomic mass is 19.1. The van der Waals surface area contributed by atoms with Gasteiger partial charge in [0.1, 0.15) is 19.1 Å². The van der Waals surface area contributed by atoms with E-state index in [9.17, 15) is 8.78 Å². The van der Waals surface area contributed by atoms with Crippen LogP contribution in [0.1, 0.15) is 46.5 Å². The summed E-state index contributed by atoms with van der Waals surface area (Å²) in [5.41, 5.74) is 0.212. The molecule has 0 unspecified atom stereocenters. The van der Waals surface area contributed by atoms with Gasteiger partial charge in [0.2, 0.25) is 0 Å². The molecule has 128 valence electrons. The number of hydrogen-bond donors (Lipinski definition) is 1. The second-order valence-corrected chi connectivity index (χ2v) is 5.51. The minimum absolute atomic E-state index is 0.206. The van der Waals surface area contributed by atoms with E-state index in [0.29, 0.717) is 44.0 Å². The molecule has 2 fully saturated rings. The molecule has 4 nitrogen and oxygen atoms in total. The van der Waals surface area contributed by atoms with Crippen LogP contribution in [0.3, 0.4) is 0 Å². The molecule has 1 N–H and O–H groups in total. The number of rotatable bonds is 4. The van der Waals surface area contributed by atoms with Gasteiger partial charge in [0.15, 0.2) is 0 Å². The predicted molar refractivity (Wildman–Crippen MR) is 86.3 cm³/mol. The van der Waals surface area contributed by atoms with Gasteiger partial charge in [-0.05, 0) is 25.8 Å². The second-order valence-electron chi connectivity index (χ2n) is 5.51. The van der Waals surface area contributed by atoms with E-state index in [-0.39, 0.29) is 5.54 Å². The minimum atomic E-state index is -0.772. The van der Waals surface area contributed by atoms with Gasteiger partial charge in [0.05, 0.1) is 5.54 Å². The Bertz CT molecular complexity index is 401. The third-order valence-electron chi connectivity index (χ3n) is 4.22. The van der Waals surface area contributed by atoms with Gasteiger partial charge in [0.25, 0.3) is 6.02 Å². The van der Waals surface area contributed by atoms with Crippen LogP contribution in [0, 0.1) is 0 Å². The van der Waals surface area contributed by atoms with Gasteiger partial charge < -0.3 is 10.1 Å². The number of nitrogens with zero attached hydrogens (tertiary/aromatic N) is 2. The third-order valence-corrected chi connectivity index (χ3v) is 4.22. The first-order valence-corrected chi connectivity index (χ1v) is 8.18. The van der Waals surface area contributed by atoms with E-state index >= 15 is 0 Å². The molecule has 6 heteroatoms. The van der Waals surface area contributed by atoms with Gasteiger partial charge in [-0.15, -0.1) is 0 Å². The summed E-state index contributed by atoms with van der Waals surface area (Å²) < 4.78 is 31.9. The zero-order valence-corrected chi connectivity index (χ0v) is 14.2. The number of ether oxygens (including phenoxy) is 1. The van der Waals surface area contributed by atoms with Crippen LogP contribution in [0.25, 0.3) is 0 Å². The Hall–Kier alpha value is -1.17. The fraction of sp³-hybridized carbons (Fsp3) is 0.812. The summed E-state index contributed by atoms with van der Waals surface area (Å²) in [6.45, 7) is 7.67. The molecule has 0 bridgehead atoms. The number of nitrogens with one attached hydrogen (secondary N) is 1. The van der Waals surface area contributed by atoms with Crippen molar-refractivity contribution in [1.29, 1.82) is 0 Å². The number of alkyl halides is 1. The van der Waals surface area contributed by atoms with Crippen molar-refractivity contribution >= 4 is 6.02 Å². The predicted octanol–water partition coefficient (Wildman–Crippen LogP) is 3.40. The zero-order chi connectivity index (χ0) is 16.6. The van der Waals surface area contributed by atoms with Crippen molar-refractivity contribution in [2.45, 2.75) is 58.2 Å². The molecule has 0 aromatic carbocycles. The molecule has 2 rings (SSSR count). The fourth-order valence-electron chi connectivity index (χ4n) is 3.14. The van der Waals surface area contributed by atoms with Crippen LogP contribution in [0.2, 0.25) is 0 Å². The smallest absolute Gasteiger partial charge is 0.288 e. The summed E-state index contributed by atoms with van der Waals surface area (Å²) in [5.74, 6) is 0. The molecular weight excluding hydrogens is 288 g/mol. The molecule has 0 radical (unpaired) electrons. The van der Waals surface area contributed by atoms with Crippen LogP contribution >= 0.6 is 0 Å². The highest BCUT2D eigenvalue weighted by Gasteiger charge is 2.49. The summed E-state index contributed by atoms with van der Waals surface area (Å²) in [4.78, 5) is 6.16. The Morgan fingerprint density at radius 1 is 1.50 bits per heavy atom. The molecule has 0 aliphatic carbocycles. The highest BCUT2D eigenvalue weighted by molar-refractivity contribution is 5.75. The van der Waals surface area contributed by atoms with Crippen molar-refractivity contribution in [2.24, 2.45) is 4.99 Å². The van der Waals surface area contributed by atoms with Gasteiger partial charge in [-0.3, -0.25) is 4.90 Å². The first kappa shape index (κ1) is 18.9. The van der Waals surface area contributed by atoms with Crippen molar-refractivity contribution in [3.63, 3.8) is 0 Å². The maximum absolute atomic E-state index is 13.6. The minimum Gasteiger partial charge on any atom is -0.463 e. The highest BCUT2D eigenvalue weighted by Crippen LogP contribution is 2.40. The maximum atomic E-state index is 13.6. The standard InChI is InChI=1S/C14H23F2N3O.C2H6/c1-3-12(8-15)18-13(17-2)20-10-14-5-4-6-19(14)9-11(16)7-14;1-2/h8,11H,3-7,9-10H2,1-2H3,(H,17,18);1-2H3/b12-8-;/t11-,14+;/m1./s1. The molecule has 2 saturated heterocycles. The Balaban J connectivity index is 0.00000116. The average Bonchev–Trinajstić information content (AvgIpc) is 3.05. The van der Waals surface area contributed by atoms with Crippen molar-refractivity contribution in [3.05, 3.63) is 12.0 Å². The SMILES string of the molecule is CC.CC/C(=C/F)NC(=NC)OC[C@@]12CCCN1C[C@H](F)C2.